The van der Waals surface area contributed by atoms with Gasteiger partial charge in [0.05, 0.1) is 23.9 Å². The SMILES string of the molecule is CNc1cnc2nc(N(C)C)n(Cc3ccccc3)c2c1. The topological polar surface area (TPSA) is 46.0 Å². The van der Waals surface area contributed by atoms with Crippen molar-refractivity contribution in [2.45, 2.75) is 6.54 Å². The van der Waals surface area contributed by atoms with Crippen LogP contribution in [0.3, 0.4) is 0 Å². The van der Waals surface area contributed by atoms with Crippen LogP contribution in [-0.4, -0.2) is 35.7 Å². The fourth-order valence-corrected chi connectivity index (χ4v) is 2.39. The monoisotopic (exact) mass is 281 g/mol. The number of pyridine rings is 1. The minimum absolute atomic E-state index is 0.772. The zero-order valence-electron chi connectivity index (χ0n) is 12.5. The third kappa shape index (κ3) is 2.54. The van der Waals surface area contributed by atoms with Crippen LogP contribution in [0, 0.1) is 0 Å². The van der Waals surface area contributed by atoms with Crippen LogP contribution < -0.4 is 10.2 Å². The van der Waals surface area contributed by atoms with Gasteiger partial charge in [-0.1, -0.05) is 30.3 Å². The van der Waals surface area contributed by atoms with Crippen molar-refractivity contribution in [1.82, 2.24) is 14.5 Å². The highest BCUT2D eigenvalue weighted by atomic mass is 15.3. The van der Waals surface area contributed by atoms with E-state index in [1.807, 2.05) is 38.3 Å². The third-order valence-electron chi connectivity index (χ3n) is 3.46. The van der Waals surface area contributed by atoms with Gasteiger partial charge in [0.1, 0.15) is 0 Å². The predicted octanol–water partition coefficient (Wildman–Crippen LogP) is 2.59. The van der Waals surface area contributed by atoms with Gasteiger partial charge < -0.3 is 14.8 Å². The van der Waals surface area contributed by atoms with E-state index in [1.54, 1.807) is 0 Å². The molecule has 2 aromatic heterocycles. The molecule has 0 amide bonds. The van der Waals surface area contributed by atoms with E-state index < -0.39 is 0 Å². The number of imidazole rings is 1. The van der Waals surface area contributed by atoms with Crippen molar-refractivity contribution in [3.8, 4) is 0 Å². The first-order valence-corrected chi connectivity index (χ1v) is 6.94. The molecule has 0 saturated heterocycles. The summed E-state index contributed by atoms with van der Waals surface area (Å²) in [5, 5.41) is 3.13. The lowest BCUT2D eigenvalue weighted by molar-refractivity contribution is 0.801. The van der Waals surface area contributed by atoms with Gasteiger partial charge in [-0.25, -0.2) is 4.98 Å². The molecule has 0 saturated carbocycles. The Morgan fingerprint density at radius 2 is 1.95 bits per heavy atom. The van der Waals surface area contributed by atoms with Crippen LogP contribution in [-0.2, 0) is 6.54 Å². The van der Waals surface area contributed by atoms with Crippen LogP contribution in [0.4, 0.5) is 11.6 Å². The number of benzene rings is 1. The largest absolute Gasteiger partial charge is 0.387 e. The molecule has 3 aromatic rings. The fourth-order valence-electron chi connectivity index (χ4n) is 2.39. The number of anilines is 2. The van der Waals surface area contributed by atoms with Gasteiger partial charge in [0.25, 0.3) is 0 Å². The summed E-state index contributed by atoms with van der Waals surface area (Å²) in [6.07, 6.45) is 1.81. The lowest BCUT2D eigenvalue weighted by Gasteiger charge is -2.15. The van der Waals surface area contributed by atoms with Gasteiger partial charge in [-0.3, -0.25) is 0 Å². The molecule has 1 aromatic carbocycles. The van der Waals surface area contributed by atoms with Crippen molar-refractivity contribution in [3.63, 3.8) is 0 Å². The van der Waals surface area contributed by atoms with E-state index >= 15 is 0 Å². The van der Waals surface area contributed by atoms with Gasteiger partial charge in [-0.2, -0.15) is 4.98 Å². The van der Waals surface area contributed by atoms with E-state index in [0.717, 1.165) is 29.3 Å². The molecule has 3 rings (SSSR count). The molecule has 0 unspecified atom stereocenters. The summed E-state index contributed by atoms with van der Waals surface area (Å²) in [6, 6.07) is 12.5. The Kier molecular flexibility index (Phi) is 3.48. The van der Waals surface area contributed by atoms with Crippen molar-refractivity contribution in [2.75, 3.05) is 31.4 Å². The Morgan fingerprint density at radius 1 is 1.19 bits per heavy atom. The van der Waals surface area contributed by atoms with Gasteiger partial charge >= 0.3 is 0 Å². The maximum Gasteiger partial charge on any atom is 0.207 e. The summed E-state index contributed by atoms with van der Waals surface area (Å²) < 4.78 is 2.19. The second-order valence-corrected chi connectivity index (χ2v) is 5.19. The number of nitrogens with zero attached hydrogens (tertiary/aromatic N) is 4. The van der Waals surface area contributed by atoms with Gasteiger partial charge in [0.15, 0.2) is 5.65 Å². The highest BCUT2D eigenvalue weighted by Gasteiger charge is 2.14. The smallest absolute Gasteiger partial charge is 0.207 e. The summed E-state index contributed by atoms with van der Waals surface area (Å²) in [6.45, 7) is 0.777. The quantitative estimate of drug-likeness (QED) is 0.798. The van der Waals surface area contributed by atoms with Crippen LogP contribution in [0.5, 0.6) is 0 Å². The molecule has 21 heavy (non-hydrogen) atoms. The molecule has 5 nitrogen and oxygen atoms in total. The Balaban J connectivity index is 2.14. The molecule has 2 heterocycles. The van der Waals surface area contributed by atoms with Crippen molar-refractivity contribution in [3.05, 3.63) is 48.2 Å². The molecule has 0 aliphatic carbocycles. The number of aromatic nitrogens is 3. The van der Waals surface area contributed by atoms with E-state index in [9.17, 15) is 0 Å². The summed E-state index contributed by atoms with van der Waals surface area (Å²) in [5.74, 6) is 0.912. The molecule has 0 aliphatic heterocycles. The van der Waals surface area contributed by atoms with Crippen LogP contribution in [0.2, 0.25) is 0 Å². The summed E-state index contributed by atoms with van der Waals surface area (Å²) >= 11 is 0. The highest BCUT2D eigenvalue weighted by Crippen LogP contribution is 2.23. The van der Waals surface area contributed by atoms with Crippen molar-refractivity contribution in [1.29, 1.82) is 0 Å². The molecule has 0 fully saturated rings. The van der Waals surface area contributed by atoms with Crippen LogP contribution in [0.25, 0.3) is 11.2 Å². The van der Waals surface area contributed by atoms with E-state index in [-0.39, 0.29) is 0 Å². The average Bonchev–Trinajstić information content (AvgIpc) is 2.86. The van der Waals surface area contributed by atoms with Crippen LogP contribution in [0.1, 0.15) is 5.56 Å². The Morgan fingerprint density at radius 3 is 2.62 bits per heavy atom. The van der Waals surface area contributed by atoms with E-state index in [2.05, 4.69) is 50.2 Å². The lowest BCUT2D eigenvalue weighted by atomic mass is 10.2. The second kappa shape index (κ2) is 5.44. The molecular weight excluding hydrogens is 262 g/mol. The molecule has 0 radical (unpaired) electrons. The maximum atomic E-state index is 4.63. The zero-order valence-corrected chi connectivity index (χ0v) is 12.5. The molecule has 5 heteroatoms. The van der Waals surface area contributed by atoms with Gasteiger partial charge in [0.2, 0.25) is 5.95 Å². The molecule has 0 bridgehead atoms. The van der Waals surface area contributed by atoms with Gasteiger partial charge in [0, 0.05) is 21.1 Å². The highest BCUT2D eigenvalue weighted by molar-refractivity contribution is 5.78. The molecule has 0 aliphatic rings. The third-order valence-corrected chi connectivity index (χ3v) is 3.46. The summed E-state index contributed by atoms with van der Waals surface area (Å²) in [4.78, 5) is 11.1. The number of hydrogen-bond donors (Lipinski definition) is 1. The minimum Gasteiger partial charge on any atom is -0.387 e. The first kappa shape index (κ1) is 13.4. The summed E-state index contributed by atoms with van der Waals surface area (Å²) in [7, 11) is 5.90. The van der Waals surface area contributed by atoms with Crippen molar-refractivity contribution in [2.24, 2.45) is 0 Å². The second-order valence-electron chi connectivity index (χ2n) is 5.19. The summed E-state index contributed by atoms with van der Waals surface area (Å²) in [5.41, 5.74) is 4.04. The molecule has 1 N–H and O–H groups in total. The van der Waals surface area contributed by atoms with Crippen molar-refractivity contribution >= 4 is 22.8 Å². The molecule has 108 valence electrons. The van der Waals surface area contributed by atoms with Gasteiger partial charge in [-0.05, 0) is 11.6 Å². The normalized spacial score (nSPS) is 10.8. The average molecular weight is 281 g/mol. The molecule has 0 atom stereocenters. The Labute approximate surface area is 124 Å². The first-order chi connectivity index (χ1) is 10.2. The minimum atomic E-state index is 0.772. The molecular formula is C16H19N5. The number of hydrogen-bond acceptors (Lipinski definition) is 4. The van der Waals surface area contributed by atoms with E-state index in [4.69, 9.17) is 0 Å². The number of rotatable bonds is 4. The van der Waals surface area contributed by atoms with E-state index in [0.29, 0.717) is 0 Å². The zero-order chi connectivity index (χ0) is 14.8. The number of nitrogens with one attached hydrogen (secondary N) is 1. The molecule has 0 spiro atoms. The van der Waals surface area contributed by atoms with Gasteiger partial charge in [-0.15, -0.1) is 0 Å². The first-order valence-electron chi connectivity index (χ1n) is 6.94. The number of fused-ring (bicyclic) bond motifs is 1. The Hall–Kier alpha value is -2.56. The van der Waals surface area contributed by atoms with Crippen LogP contribution >= 0.6 is 0 Å². The van der Waals surface area contributed by atoms with Crippen molar-refractivity contribution < 1.29 is 0 Å². The maximum absolute atomic E-state index is 4.63. The van der Waals surface area contributed by atoms with E-state index in [1.165, 1.54) is 5.56 Å². The Bertz CT molecular complexity index is 746. The predicted molar refractivity (Wildman–Crippen MR) is 86.9 cm³/mol. The van der Waals surface area contributed by atoms with Crippen LogP contribution in [0.15, 0.2) is 42.6 Å². The fraction of sp³-hybridized carbons (Fsp3) is 0.250. The standard InChI is InChI=1S/C16H19N5/c1-17-13-9-14-15(18-10-13)19-16(20(2)3)21(14)11-12-7-5-4-6-8-12/h4-10,17H,11H2,1-3H3. The lowest BCUT2D eigenvalue weighted by Crippen LogP contribution is -2.16.